The van der Waals surface area contributed by atoms with Crippen molar-refractivity contribution in [3.05, 3.63) is 70.7 Å². The van der Waals surface area contributed by atoms with Crippen molar-refractivity contribution in [2.75, 3.05) is 0 Å². The van der Waals surface area contributed by atoms with Gasteiger partial charge in [-0.1, -0.05) is 58.4 Å². The average Bonchev–Trinajstić information content (AvgIpc) is 2.49. The van der Waals surface area contributed by atoms with Gasteiger partial charge in [0.1, 0.15) is 5.75 Å². The molecule has 3 nitrogen and oxygen atoms in total. The summed E-state index contributed by atoms with van der Waals surface area (Å²) in [5.74, 6) is -0.436. The minimum atomic E-state index is -0.976. The van der Waals surface area contributed by atoms with Crippen LogP contribution in [-0.2, 0) is 4.79 Å². The summed E-state index contributed by atoms with van der Waals surface area (Å²) in [4.78, 5) is 11.2. The zero-order chi connectivity index (χ0) is 15.1. The zero-order valence-electron chi connectivity index (χ0n) is 11.3. The number of aliphatic carboxylic acids is 1. The first-order valence-corrected chi connectivity index (χ1v) is 7.31. The molecule has 0 unspecified atom stereocenters. The fourth-order valence-corrected chi connectivity index (χ4v) is 2.03. The van der Waals surface area contributed by atoms with Crippen LogP contribution in [0.1, 0.15) is 12.0 Å². The van der Waals surface area contributed by atoms with Crippen LogP contribution in [0.3, 0.4) is 0 Å². The molecule has 0 heterocycles. The van der Waals surface area contributed by atoms with Gasteiger partial charge in [-0.25, -0.2) is 4.79 Å². The molecular weight excluding hydrogens is 332 g/mol. The highest BCUT2D eigenvalue weighted by molar-refractivity contribution is 9.10. The normalized spacial score (nSPS) is 12.2. The Bertz CT molecular complexity index is 606. The van der Waals surface area contributed by atoms with Crippen molar-refractivity contribution < 1.29 is 14.6 Å². The van der Waals surface area contributed by atoms with Gasteiger partial charge in [0.15, 0.2) is 6.10 Å². The van der Waals surface area contributed by atoms with Crippen molar-refractivity contribution in [1.82, 2.24) is 0 Å². The van der Waals surface area contributed by atoms with E-state index in [9.17, 15) is 9.90 Å². The largest absolute Gasteiger partial charge is 0.478 e. The number of benzene rings is 2. The standard InChI is InChI=1S/C17H15BrO3/c18-14-9-11-15(12-10-14)21-16(17(19)20)8-4-7-13-5-2-1-3-6-13/h1-7,9-12,16H,8H2,(H,19,20)/t16-/m0/s1. The van der Waals surface area contributed by atoms with Crippen molar-refractivity contribution >= 4 is 28.0 Å². The fourth-order valence-electron chi connectivity index (χ4n) is 1.77. The highest BCUT2D eigenvalue weighted by Gasteiger charge is 2.17. The van der Waals surface area contributed by atoms with Gasteiger partial charge in [-0.05, 0) is 29.8 Å². The summed E-state index contributed by atoms with van der Waals surface area (Å²) in [7, 11) is 0. The lowest BCUT2D eigenvalue weighted by atomic mass is 10.1. The molecule has 2 aromatic carbocycles. The molecule has 0 aliphatic rings. The molecule has 2 aromatic rings. The van der Waals surface area contributed by atoms with Gasteiger partial charge in [-0.15, -0.1) is 0 Å². The topological polar surface area (TPSA) is 46.5 Å². The predicted octanol–water partition coefficient (Wildman–Crippen LogP) is 4.38. The van der Waals surface area contributed by atoms with Crippen molar-refractivity contribution in [2.24, 2.45) is 0 Å². The Morgan fingerprint density at radius 1 is 1.14 bits per heavy atom. The van der Waals surface area contributed by atoms with E-state index in [1.165, 1.54) is 0 Å². The summed E-state index contributed by atoms with van der Waals surface area (Å²) < 4.78 is 6.42. The first kappa shape index (κ1) is 15.3. The maximum Gasteiger partial charge on any atom is 0.345 e. The second-order valence-corrected chi connectivity index (χ2v) is 5.36. The molecule has 0 amide bonds. The van der Waals surface area contributed by atoms with Gasteiger partial charge in [-0.3, -0.25) is 0 Å². The molecule has 0 saturated carbocycles. The number of carboxylic acids is 1. The van der Waals surface area contributed by atoms with E-state index in [-0.39, 0.29) is 0 Å². The van der Waals surface area contributed by atoms with E-state index in [0.29, 0.717) is 12.2 Å². The third kappa shape index (κ3) is 5.08. The van der Waals surface area contributed by atoms with Crippen molar-refractivity contribution in [2.45, 2.75) is 12.5 Å². The van der Waals surface area contributed by atoms with Crippen LogP contribution < -0.4 is 4.74 Å². The SMILES string of the molecule is O=C(O)[C@H](CC=Cc1ccccc1)Oc1ccc(Br)cc1. The van der Waals surface area contributed by atoms with Crippen LogP contribution in [0.25, 0.3) is 6.08 Å². The van der Waals surface area contributed by atoms with Crippen LogP contribution in [0, 0.1) is 0 Å². The lowest BCUT2D eigenvalue weighted by Gasteiger charge is -2.13. The molecule has 0 bridgehead atoms. The number of halogens is 1. The molecule has 0 aromatic heterocycles. The Labute approximate surface area is 132 Å². The molecule has 1 N–H and O–H groups in total. The van der Waals surface area contributed by atoms with Gasteiger partial charge in [0.2, 0.25) is 0 Å². The molecular formula is C17H15BrO3. The zero-order valence-corrected chi connectivity index (χ0v) is 12.9. The number of carbonyl (C=O) groups is 1. The fraction of sp³-hybridized carbons (Fsp3) is 0.118. The number of hydrogen-bond donors (Lipinski definition) is 1. The van der Waals surface area contributed by atoms with E-state index in [4.69, 9.17) is 4.74 Å². The van der Waals surface area contributed by atoms with Crippen molar-refractivity contribution in [1.29, 1.82) is 0 Å². The molecule has 2 rings (SSSR count). The van der Waals surface area contributed by atoms with E-state index in [1.807, 2.05) is 54.6 Å². The highest BCUT2D eigenvalue weighted by atomic mass is 79.9. The Hall–Kier alpha value is -2.07. The summed E-state index contributed by atoms with van der Waals surface area (Å²) in [6.45, 7) is 0. The van der Waals surface area contributed by atoms with E-state index in [1.54, 1.807) is 12.1 Å². The summed E-state index contributed by atoms with van der Waals surface area (Å²) in [6, 6.07) is 16.8. The van der Waals surface area contributed by atoms with Crippen molar-refractivity contribution in [3.63, 3.8) is 0 Å². The third-order valence-corrected chi connectivity index (χ3v) is 3.36. The first-order chi connectivity index (χ1) is 10.1. The molecule has 1 atom stereocenters. The lowest BCUT2D eigenvalue weighted by molar-refractivity contribution is -0.144. The number of carboxylic acid groups (broad SMARTS) is 1. The molecule has 108 valence electrons. The van der Waals surface area contributed by atoms with Crippen LogP contribution in [0.2, 0.25) is 0 Å². The Kier molecular flexibility index (Phi) is 5.58. The Balaban J connectivity index is 1.98. The molecule has 0 aliphatic heterocycles. The predicted molar refractivity (Wildman–Crippen MR) is 86.3 cm³/mol. The summed E-state index contributed by atoms with van der Waals surface area (Å²) >= 11 is 3.33. The smallest absolute Gasteiger partial charge is 0.345 e. The number of hydrogen-bond acceptors (Lipinski definition) is 2. The van der Waals surface area contributed by atoms with Crippen LogP contribution in [0.4, 0.5) is 0 Å². The highest BCUT2D eigenvalue weighted by Crippen LogP contribution is 2.18. The van der Waals surface area contributed by atoms with E-state index in [2.05, 4.69) is 15.9 Å². The average molecular weight is 347 g/mol. The summed E-state index contributed by atoms with van der Waals surface area (Å²) in [5, 5.41) is 9.22. The maximum absolute atomic E-state index is 11.2. The van der Waals surface area contributed by atoms with E-state index in [0.717, 1.165) is 10.0 Å². The number of rotatable bonds is 6. The second-order valence-electron chi connectivity index (χ2n) is 4.45. The number of ether oxygens (including phenoxy) is 1. The minimum Gasteiger partial charge on any atom is -0.478 e. The van der Waals surface area contributed by atoms with Gasteiger partial charge < -0.3 is 9.84 Å². The van der Waals surface area contributed by atoms with Crippen molar-refractivity contribution in [3.8, 4) is 5.75 Å². The summed E-state index contributed by atoms with van der Waals surface area (Å²) in [5.41, 5.74) is 1.03. The van der Waals surface area contributed by atoms with Gasteiger partial charge in [0.05, 0.1) is 0 Å². The second kappa shape index (κ2) is 7.64. The molecule has 0 radical (unpaired) electrons. The third-order valence-electron chi connectivity index (χ3n) is 2.83. The molecule has 0 aliphatic carbocycles. The van der Waals surface area contributed by atoms with Gasteiger partial charge in [0, 0.05) is 10.9 Å². The van der Waals surface area contributed by atoms with Gasteiger partial charge >= 0.3 is 5.97 Å². The molecule has 0 fully saturated rings. The van der Waals surface area contributed by atoms with Crippen LogP contribution >= 0.6 is 15.9 Å². The Morgan fingerprint density at radius 3 is 2.43 bits per heavy atom. The molecule has 0 saturated heterocycles. The van der Waals surface area contributed by atoms with Gasteiger partial charge in [0.25, 0.3) is 0 Å². The molecule has 21 heavy (non-hydrogen) atoms. The lowest BCUT2D eigenvalue weighted by Crippen LogP contribution is -2.26. The monoisotopic (exact) mass is 346 g/mol. The van der Waals surface area contributed by atoms with Gasteiger partial charge in [-0.2, -0.15) is 0 Å². The summed E-state index contributed by atoms with van der Waals surface area (Å²) in [6.07, 6.45) is 3.11. The quantitative estimate of drug-likeness (QED) is 0.843. The minimum absolute atomic E-state index is 0.306. The Morgan fingerprint density at radius 2 is 1.81 bits per heavy atom. The molecule has 0 spiro atoms. The van der Waals surface area contributed by atoms with Crippen LogP contribution in [0.15, 0.2) is 65.1 Å². The van der Waals surface area contributed by atoms with Crippen LogP contribution in [-0.4, -0.2) is 17.2 Å². The maximum atomic E-state index is 11.2. The van der Waals surface area contributed by atoms with E-state index >= 15 is 0 Å². The molecule has 4 heteroatoms. The van der Waals surface area contributed by atoms with E-state index < -0.39 is 12.1 Å². The van der Waals surface area contributed by atoms with Crippen LogP contribution in [0.5, 0.6) is 5.75 Å². The first-order valence-electron chi connectivity index (χ1n) is 6.52.